The van der Waals surface area contributed by atoms with Crippen molar-refractivity contribution < 1.29 is 19.4 Å². The molecule has 0 atom stereocenters. The monoisotopic (exact) mass is 367 g/mol. The molecule has 0 aliphatic heterocycles. The lowest BCUT2D eigenvalue weighted by Gasteiger charge is -2.13. The fourth-order valence-electron chi connectivity index (χ4n) is 2.04. The average Bonchev–Trinajstić information content (AvgIpc) is 2.98. The van der Waals surface area contributed by atoms with Crippen LogP contribution >= 0.6 is 22.9 Å². The Kier molecular flexibility index (Phi) is 6.63. The number of rotatable bonds is 8. The van der Waals surface area contributed by atoms with Gasteiger partial charge in [0.2, 0.25) is 0 Å². The van der Waals surface area contributed by atoms with Gasteiger partial charge in [-0.15, -0.1) is 11.3 Å². The van der Waals surface area contributed by atoms with Crippen LogP contribution in [0, 0.1) is 0 Å². The van der Waals surface area contributed by atoms with Crippen LogP contribution in [0.15, 0.2) is 30.3 Å². The Morgan fingerprint density at radius 3 is 2.71 bits per heavy atom. The van der Waals surface area contributed by atoms with E-state index < -0.39 is 5.97 Å². The number of nitrogens with one attached hydrogen (secondary N) is 1. The van der Waals surface area contributed by atoms with Gasteiger partial charge in [0.1, 0.15) is 5.75 Å². The van der Waals surface area contributed by atoms with Crippen LogP contribution < -0.4 is 10.1 Å². The molecule has 1 aromatic heterocycles. The van der Waals surface area contributed by atoms with Gasteiger partial charge in [-0.3, -0.25) is 9.59 Å². The van der Waals surface area contributed by atoms with Crippen molar-refractivity contribution in [2.24, 2.45) is 0 Å². The minimum atomic E-state index is -0.861. The van der Waals surface area contributed by atoms with E-state index in [1.165, 1.54) is 11.3 Å². The Bertz CT molecular complexity index is 729. The Labute approximate surface area is 149 Å². The van der Waals surface area contributed by atoms with Gasteiger partial charge in [-0.05, 0) is 42.7 Å². The maximum atomic E-state index is 12.3. The van der Waals surface area contributed by atoms with Crippen LogP contribution in [0.5, 0.6) is 5.75 Å². The van der Waals surface area contributed by atoms with Crippen LogP contribution in [0.1, 0.15) is 35.0 Å². The van der Waals surface area contributed by atoms with E-state index in [9.17, 15) is 9.59 Å². The van der Waals surface area contributed by atoms with E-state index in [1.54, 1.807) is 24.3 Å². The van der Waals surface area contributed by atoms with Crippen LogP contribution in [-0.4, -0.2) is 23.6 Å². The summed E-state index contributed by atoms with van der Waals surface area (Å²) in [5.74, 6) is -0.573. The molecule has 2 aromatic rings. The third kappa shape index (κ3) is 5.25. The molecule has 0 aliphatic carbocycles. The summed E-state index contributed by atoms with van der Waals surface area (Å²) in [6, 6.07) is 8.64. The van der Waals surface area contributed by atoms with E-state index in [4.69, 9.17) is 21.4 Å². The number of halogens is 1. The van der Waals surface area contributed by atoms with Gasteiger partial charge < -0.3 is 15.2 Å². The molecule has 0 aliphatic rings. The predicted molar refractivity (Wildman–Crippen MR) is 95.5 cm³/mol. The van der Waals surface area contributed by atoms with E-state index in [0.717, 1.165) is 12.0 Å². The van der Waals surface area contributed by atoms with Crippen LogP contribution in [-0.2, 0) is 11.2 Å². The molecule has 0 saturated heterocycles. The second-order valence-corrected chi connectivity index (χ2v) is 6.85. The highest BCUT2D eigenvalue weighted by Gasteiger charge is 2.13. The van der Waals surface area contributed by atoms with Crippen molar-refractivity contribution in [1.82, 2.24) is 0 Å². The number of benzene rings is 1. The maximum Gasteiger partial charge on any atom is 0.303 e. The van der Waals surface area contributed by atoms with Crippen molar-refractivity contribution in [3.8, 4) is 5.75 Å². The molecule has 0 bridgehead atoms. The molecular weight excluding hydrogens is 350 g/mol. The van der Waals surface area contributed by atoms with Gasteiger partial charge in [0.15, 0.2) is 0 Å². The molecule has 2 rings (SSSR count). The molecule has 5 nitrogen and oxygen atoms in total. The van der Waals surface area contributed by atoms with E-state index >= 15 is 0 Å². The molecule has 0 radical (unpaired) electrons. The zero-order valence-electron chi connectivity index (χ0n) is 13.2. The summed E-state index contributed by atoms with van der Waals surface area (Å²) in [6.45, 7) is 2.52. The van der Waals surface area contributed by atoms with Crippen molar-refractivity contribution in [2.45, 2.75) is 26.2 Å². The minimum Gasteiger partial charge on any atom is -0.491 e. The number of aliphatic carboxylic acids is 1. The van der Waals surface area contributed by atoms with Gasteiger partial charge >= 0.3 is 5.97 Å². The molecule has 1 heterocycles. The third-order valence-corrected chi connectivity index (χ3v) is 4.41. The Hall–Kier alpha value is -2.05. The number of aryl methyl sites for hydroxylation is 1. The normalized spacial score (nSPS) is 10.4. The summed E-state index contributed by atoms with van der Waals surface area (Å²) < 4.78 is 6.19. The van der Waals surface area contributed by atoms with Gasteiger partial charge in [-0.25, -0.2) is 0 Å². The summed E-state index contributed by atoms with van der Waals surface area (Å²) >= 11 is 7.05. The molecule has 0 spiro atoms. The molecule has 1 amide bonds. The van der Waals surface area contributed by atoms with Crippen molar-refractivity contribution >= 4 is 40.5 Å². The number of anilines is 1. The molecule has 128 valence electrons. The summed E-state index contributed by atoms with van der Waals surface area (Å²) in [5, 5.41) is 11.6. The first-order chi connectivity index (χ1) is 11.5. The predicted octanol–water partition coefficient (Wildman–Crippen LogP) is 4.46. The molecule has 24 heavy (non-hydrogen) atoms. The van der Waals surface area contributed by atoms with E-state index in [0.29, 0.717) is 33.7 Å². The fraction of sp³-hybridized carbons (Fsp3) is 0.294. The number of carbonyl (C=O) groups is 2. The summed E-state index contributed by atoms with van der Waals surface area (Å²) in [6.07, 6.45) is 1.26. The van der Waals surface area contributed by atoms with Gasteiger partial charge in [0.25, 0.3) is 5.91 Å². The number of hydrogen-bond donors (Lipinski definition) is 2. The molecule has 0 unspecified atom stereocenters. The summed E-state index contributed by atoms with van der Waals surface area (Å²) in [5.41, 5.74) is 1.35. The molecular formula is C17H18ClNO4S. The quantitative estimate of drug-likeness (QED) is 0.722. The fourth-order valence-corrected chi connectivity index (χ4v) is 2.98. The first-order valence-electron chi connectivity index (χ1n) is 7.53. The van der Waals surface area contributed by atoms with Gasteiger partial charge in [0.05, 0.1) is 21.5 Å². The molecule has 0 saturated carbocycles. The van der Waals surface area contributed by atoms with Crippen molar-refractivity contribution in [2.75, 3.05) is 11.9 Å². The number of carbonyl (C=O) groups excluding carboxylic acids is 1. The SMILES string of the molecule is CCCOc1ccc(CCC(=O)O)cc1NC(=O)c1ccc(Cl)s1. The number of hydrogen-bond acceptors (Lipinski definition) is 4. The second-order valence-electron chi connectivity index (χ2n) is 5.13. The first-order valence-corrected chi connectivity index (χ1v) is 8.73. The Morgan fingerprint density at radius 1 is 1.29 bits per heavy atom. The molecule has 7 heteroatoms. The van der Waals surface area contributed by atoms with E-state index in [2.05, 4.69) is 5.32 Å². The topological polar surface area (TPSA) is 75.6 Å². The lowest BCUT2D eigenvalue weighted by atomic mass is 10.1. The Morgan fingerprint density at radius 2 is 2.08 bits per heavy atom. The van der Waals surface area contributed by atoms with Crippen LogP contribution in [0.4, 0.5) is 5.69 Å². The largest absolute Gasteiger partial charge is 0.491 e. The van der Waals surface area contributed by atoms with E-state index in [1.807, 2.05) is 13.0 Å². The smallest absolute Gasteiger partial charge is 0.303 e. The average molecular weight is 368 g/mol. The molecule has 2 N–H and O–H groups in total. The zero-order valence-corrected chi connectivity index (χ0v) is 14.7. The molecule has 1 aromatic carbocycles. The maximum absolute atomic E-state index is 12.3. The summed E-state index contributed by atoms with van der Waals surface area (Å²) in [4.78, 5) is 23.5. The van der Waals surface area contributed by atoms with Crippen molar-refractivity contribution in [3.63, 3.8) is 0 Å². The van der Waals surface area contributed by atoms with Crippen LogP contribution in [0.3, 0.4) is 0 Å². The van der Waals surface area contributed by atoms with Crippen molar-refractivity contribution in [1.29, 1.82) is 0 Å². The number of carboxylic acids is 1. The van der Waals surface area contributed by atoms with Crippen LogP contribution in [0.2, 0.25) is 4.34 Å². The van der Waals surface area contributed by atoms with Gasteiger partial charge in [-0.1, -0.05) is 24.6 Å². The third-order valence-electron chi connectivity index (χ3n) is 3.18. The number of amides is 1. The highest BCUT2D eigenvalue weighted by atomic mass is 35.5. The lowest BCUT2D eigenvalue weighted by molar-refractivity contribution is -0.136. The van der Waals surface area contributed by atoms with E-state index in [-0.39, 0.29) is 12.3 Å². The standard InChI is InChI=1S/C17H18ClNO4S/c1-2-9-23-13-5-3-11(4-8-16(20)21)10-12(13)19-17(22)14-6-7-15(18)24-14/h3,5-7,10H,2,4,8-9H2,1H3,(H,19,22)(H,20,21). The number of carboxylic acid groups (broad SMARTS) is 1. The number of ether oxygens (including phenoxy) is 1. The van der Waals surface area contributed by atoms with Gasteiger partial charge in [0, 0.05) is 6.42 Å². The number of thiophene rings is 1. The first kappa shape index (κ1) is 18.3. The minimum absolute atomic E-state index is 0.0308. The second kappa shape index (κ2) is 8.70. The summed E-state index contributed by atoms with van der Waals surface area (Å²) in [7, 11) is 0. The lowest BCUT2D eigenvalue weighted by Crippen LogP contribution is -2.12. The molecule has 0 fully saturated rings. The van der Waals surface area contributed by atoms with Gasteiger partial charge in [-0.2, -0.15) is 0 Å². The van der Waals surface area contributed by atoms with Crippen LogP contribution in [0.25, 0.3) is 0 Å². The highest BCUT2D eigenvalue weighted by Crippen LogP contribution is 2.29. The van der Waals surface area contributed by atoms with Crippen molar-refractivity contribution in [3.05, 3.63) is 45.1 Å². The highest BCUT2D eigenvalue weighted by molar-refractivity contribution is 7.18. The Balaban J connectivity index is 2.20. The zero-order chi connectivity index (χ0) is 17.5.